The summed E-state index contributed by atoms with van der Waals surface area (Å²) < 4.78 is 4.60. The number of aromatic nitrogens is 1. The third kappa shape index (κ3) is 2.93. The molecule has 1 N–H and O–H groups in total. The minimum absolute atomic E-state index is 0. The van der Waals surface area contributed by atoms with Crippen LogP contribution in [-0.4, -0.2) is 17.7 Å². The molecule has 1 aromatic heterocycles. The molecule has 0 saturated carbocycles. The molecule has 0 aromatic carbocycles. The van der Waals surface area contributed by atoms with Gasteiger partial charge in [-0.05, 0) is 12.1 Å². The van der Waals surface area contributed by atoms with Crippen molar-refractivity contribution >= 4 is 7.69 Å². The fraction of sp³-hybridized carbons (Fsp3) is 0. The summed E-state index contributed by atoms with van der Waals surface area (Å²) in [6.45, 7) is 0. The van der Waals surface area contributed by atoms with Crippen LogP contribution in [0.4, 0.5) is 0 Å². The van der Waals surface area contributed by atoms with E-state index < -0.39 is 0 Å². The Morgan fingerprint density at radius 3 is 2.60 bits per heavy atom. The van der Waals surface area contributed by atoms with Crippen LogP contribution in [0.2, 0.25) is 0 Å². The number of pyridine rings is 1. The maximum absolute atomic E-state index is 8.15. The molecule has 0 aliphatic carbocycles. The second-order valence-corrected chi connectivity index (χ2v) is 1.41. The summed E-state index contributed by atoms with van der Waals surface area (Å²) in [5.41, 5.74) is 0. The largest absolute Gasteiger partial charge is 1.00 e. The van der Waals surface area contributed by atoms with Crippen molar-refractivity contribution in [1.82, 2.24) is 4.98 Å². The first-order valence-electron chi connectivity index (χ1n) is 2.46. The van der Waals surface area contributed by atoms with Crippen molar-refractivity contribution in [2.75, 3.05) is 0 Å². The molecule has 0 spiro atoms. The molecule has 1 aromatic rings. The van der Waals surface area contributed by atoms with Crippen molar-refractivity contribution in [3.8, 4) is 5.75 Å². The standard InChI is InChI=1S/C5H5BNO2.Li.H/c8-6-9-5-1-3-7-4-2-5;;/h1-4,8H;;/q;+1;-1. The Labute approximate surface area is 73.4 Å². The molecule has 0 saturated heterocycles. The molecule has 0 fully saturated rings. The third-order valence-electron chi connectivity index (χ3n) is 0.839. The second kappa shape index (κ2) is 5.36. The second-order valence-electron chi connectivity index (χ2n) is 1.41. The van der Waals surface area contributed by atoms with Crippen molar-refractivity contribution in [1.29, 1.82) is 0 Å². The van der Waals surface area contributed by atoms with Gasteiger partial charge in [-0.15, -0.1) is 0 Å². The topological polar surface area (TPSA) is 42.4 Å². The van der Waals surface area contributed by atoms with Crippen LogP contribution in [0, 0.1) is 0 Å². The van der Waals surface area contributed by atoms with E-state index in [4.69, 9.17) is 5.02 Å². The van der Waals surface area contributed by atoms with E-state index >= 15 is 0 Å². The van der Waals surface area contributed by atoms with Gasteiger partial charge in [0.1, 0.15) is 5.75 Å². The Bertz CT molecular complexity index is 177. The average Bonchev–Trinajstić information content (AvgIpc) is 1.91. The predicted octanol–water partition coefficient (Wildman–Crippen LogP) is -2.90. The van der Waals surface area contributed by atoms with Gasteiger partial charge in [-0.3, -0.25) is 4.98 Å². The molecular weight excluding hydrogens is 124 g/mol. The molecular formula is C5H6BLiNO2. The van der Waals surface area contributed by atoms with Crippen LogP contribution in [0.1, 0.15) is 1.43 Å². The maximum Gasteiger partial charge on any atom is 1.00 e. The van der Waals surface area contributed by atoms with Crippen LogP contribution in [0.5, 0.6) is 5.75 Å². The number of hydrogen-bond acceptors (Lipinski definition) is 3. The molecule has 0 aliphatic heterocycles. The van der Waals surface area contributed by atoms with Gasteiger partial charge in [0.25, 0.3) is 0 Å². The minimum atomic E-state index is 0. The first-order valence-corrected chi connectivity index (χ1v) is 2.46. The van der Waals surface area contributed by atoms with Gasteiger partial charge < -0.3 is 11.1 Å². The summed E-state index contributed by atoms with van der Waals surface area (Å²) in [5, 5.41) is 8.15. The number of nitrogens with zero attached hydrogens (tertiary/aromatic N) is 1. The van der Waals surface area contributed by atoms with E-state index in [1.54, 1.807) is 24.5 Å². The summed E-state index contributed by atoms with van der Waals surface area (Å²) in [6, 6.07) is 3.29. The van der Waals surface area contributed by atoms with Crippen molar-refractivity contribution in [3.05, 3.63) is 24.5 Å². The summed E-state index contributed by atoms with van der Waals surface area (Å²) in [7, 11) is 0.634. The Morgan fingerprint density at radius 2 is 2.10 bits per heavy atom. The van der Waals surface area contributed by atoms with Gasteiger partial charge in [-0.1, -0.05) is 0 Å². The van der Waals surface area contributed by atoms with Gasteiger partial charge in [0.05, 0.1) is 0 Å². The Morgan fingerprint density at radius 1 is 1.50 bits per heavy atom. The minimum Gasteiger partial charge on any atom is -1.00 e. The Kier molecular flexibility index (Phi) is 5.14. The summed E-state index contributed by atoms with van der Waals surface area (Å²) in [4.78, 5) is 3.75. The molecule has 1 radical (unpaired) electrons. The van der Waals surface area contributed by atoms with Gasteiger partial charge in [0.2, 0.25) is 0 Å². The zero-order valence-corrected chi connectivity index (χ0v) is 5.69. The summed E-state index contributed by atoms with van der Waals surface area (Å²) in [6.07, 6.45) is 3.16. The van der Waals surface area contributed by atoms with E-state index in [-0.39, 0.29) is 20.3 Å². The van der Waals surface area contributed by atoms with Crippen LogP contribution >= 0.6 is 0 Å². The Hall–Kier alpha value is -0.428. The Balaban J connectivity index is 0. The summed E-state index contributed by atoms with van der Waals surface area (Å²) in [5.74, 6) is 0.576. The van der Waals surface area contributed by atoms with Gasteiger partial charge in [0, 0.05) is 12.4 Å². The monoisotopic (exact) mass is 130 g/mol. The first-order chi connectivity index (χ1) is 4.43. The molecule has 1 heterocycles. The number of hydrogen-bond donors (Lipinski definition) is 1. The maximum atomic E-state index is 8.15. The van der Waals surface area contributed by atoms with Crippen LogP contribution in [0.25, 0.3) is 0 Å². The van der Waals surface area contributed by atoms with Crippen molar-refractivity contribution in [3.63, 3.8) is 0 Å². The molecule has 5 heteroatoms. The van der Waals surface area contributed by atoms with E-state index in [1.165, 1.54) is 0 Å². The van der Waals surface area contributed by atoms with E-state index in [0.717, 1.165) is 0 Å². The molecule has 0 unspecified atom stereocenters. The average molecular weight is 130 g/mol. The van der Waals surface area contributed by atoms with E-state index in [1.807, 2.05) is 0 Å². The van der Waals surface area contributed by atoms with Crippen LogP contribution in [0.3, 0.4) is 0 Å². The van der Waals surface area contributed by atoms with Gasteiger partial charge in [-0.2, -0.15) is 0 Å². The fourth-order valence-electron chi connectivity index (χ4n) is 0.478. The van der Waals surface area contributed by atoms with Crippen LogP contribution in [-0.2, 0) is 0 Å². The summed E-state index contributed by atoms with van der Waals surface area (Å²) >= 11 is 0. The molecule has 10 heavy (non-hydrogen) atoms. The molecule has 1 rings (SSSR count). The molecule has 0 aliphatic rings. The molecule has 0 atom stereocenters. The molecule has 3 nitrogen and oxygen atoms in total. The smallest absolute Gasteiger partial charge is 1.00 e. The van der Waals surface area contributed by atoms with E-state index in [2.05, 4.69) is 9.64 Å². The zero-order valence-electron chi connectivity index (χ0n) is 6.69. The first kappa shape index (κ1) is 9.57. The number of rotatable bonds is 2. The van der Waals surface area contributed by atoms with Crippen LogP contribution in [0.15, 0.2) is 24.5 Å². The fourth-order valence-corrected chi connectivity index (χ4v) is 0.478. The van der Waals surface area contributed by atoms with E-state index in [0.29, 0.717) is 13.4 Å². The normalized spacial score (nSPS) is 7.70. The van der Waals surface area contributed by atoms with Gasteiger partial charge in [0.15, 0.2) is 0 Å². The SMILES string of the molecule is O[B]Oc1ccncc1.[H-].[Li+]. The van der Waals surface area contributed by atoms with E-state index in [9.17, 15) is 0 Å². The quantitative estimate of drug-likeness (QED) is 0.436. The predicted molar refractivity (Wildman–Crippen MR) is 33.9 cm³/mol. The zero-order chi connectivity index (χ0) is 6.53. The molecule has 0 amide bonds. The van der Waals surface area contributed by atoms with Crippen LogP contribution < -0.4 is 23.5 Å². The third-order valence-corrected chi connectivity index (χ3v) is 0.839. The van der Waals surface area contributed by atoms with Crippen molar-refractivity contribution in [2.45, 2.75) is 0 Å². The molecule has 47 valence electrons. The van der Waals surface area contributed by atoms with Gasteiger partial charge >= 0.3 is 26.5 Å². The van der Waals surface area contributed by atoms with Crippen molar-refractivity contribution < 1.29 is 30.0 Å². The molecule has 0 bridgehead atoms. The van der Waals surface area contributed by atoms with Gasteiger partial charge in [-0.25, -0.2) is 0 Å². The van der Waals surface area contributed by atoms with Crippen molar-refractivity contribution in [2.24, 2.45) is 0 Å².